The number of fused-ring (bicyclic) bond motifs is 2. The molecule has 0 aromatic heterocycles. The van der Waals surface area contributed by atoms with Gasteiger partial charge in [0.15, 0.2) is 0 Å². The van der Waals surface area contributed by atoms with Crippen LogP contribution in [0.15, 0.2) is 78.9 Å². The predicted molar refractivity (Wildman–Crippen MR) is 106 cm³/mol. The zero-order valence-electron chi connectivity index (χ0n) is 14.1. The molecule has 0 atom stereocenters. The highest BCUT2D eigenvalue weighted by atomic mass is 16.1. The molecule has 25 heavy (non-hydrogen) atoms. The Labute approximate surface area is 147 Å². The lowest BCUT2D eigenvalue weighted by atomic mass is 9.92. The Bertz CT molecular complexity index is 1010. The molecule has 0 spiro atoms. The Morgan fingerprint density at radius 2 is 1.36 bits per heavy atom. The number of carbonyl (C=O) groups excluding carboxylic acids is 1. The van der Waals surface area contributed by atoms with Crippen molar-refractivity contribution < 1.29 is 4.79 Å². The third-order valence-electron chi connectivity index (χ3n) is 4.55. The fourth-order valence-electron chi connectivity index (χ4n) is 3.29. The third-order valence-corrected chi connectivity index (χ3v) is 4.55. The van der Waals surface area contributed by atoms with Gasteiger partial charge < -0.3 is 5.32 Å². The molecule has 0 bridgehead atoms. The van der Waals surface area contributed by atoms with Gasteiger partial charge >= 0.3 is 0 Å². The van der Waals surface area contributed by atoms with Crippen molar-refractivity contribution in [2.45, 2.75) is 13.3 Å². The van der Waals surface area contributed by atoms with E-state index in [1.54, 1.807) is 0 Å². The maximum absolute atomic E-state index is 11.6. The molecule has 0 aliphatic heterocycles. The first-order chi connectivity index (χ1) is 12.3. The first kappa shape index (κ1) is 15.4. The normalized spacial score (nSPS) is 10.9. The molecule has 0 heterocycles. The van der Waals surface area contributed by atoms with E-state index in [1.807, 2.05) is 19.1 Å². The van der Waals surface area contributed by atoms with Gasteiger partial charge in [0.25, 0.3) is 0 Å². The van der Waals surface area contributed by atoms with Crippen LogP contribution in [0.2, 0.25) is 0 Å². The Kier molecular flexibility index (Phi) is 3.95. The summed E-state index contributed by atoms with van der Waals surface area (Å²) in [7, 11) is 0. The van der Waals surface area contributed by atoms with Crippen molar-refractivity contribution in [3.63, 3.8) is 0 Å². The van der Waals surface area contributed by atoms with Crippen LogP contribution >= 0.6 is 0 Å². The average Bonchev–Trinajstić information content (AvgIpc) is 2.66. The van der Waals surface area contributed by atoms with E-state index in [0.717, 1.165) is 11.3 Å². The molecule has 1 amide bonds. The maximum Gasteiger partial charge on any atom is 0.224 e. The van der Waals surface area contributed by atoms with Crippen LogP contribution in [0.4, 0.5) is 5.69 Å². The van der Waals surface area contributed by atoms with Gasteiger partial charge in [0.2, 0.25) is 5.91 Å². The van der Waals surface area contributed by atoms with E-state index in [9.17, 15) is 4.79 Å². The van der Waals surface area contributed by atoms with E-state index in [-0.39, 0.29) is 5.91 Å². The first-order valence-corrected chi connectivity index (χ1v) is 8.57. The number of hydrogen-bond donors (Lipinski definition) is 1. The second-order valence-corrected chi connectivity index (χ2v) is 6.17. The van der Waals surface area contributed by atoms with Gasteiger partial charge in [-0.15, -0.1) is 0 Å². The number of benzene rings is 4. The molecule has 0 aliphatic rings. The minimum absolute atomic E-state index is 0.0309. The first-order valence-electron chi connectivity index (χ1n) is 8.57. The summed E-state index contributed by atoms with van der Waals surface area (Å²) >= 11 is 0. The number of anilines is 1. The monoisotopic (exact) mass is 325 g/mol. The summed E-state index contributed by atoms with van der Waals surface area (Å²) in [6.45, 7) is 1.85. The van der Waals surface area contributed by atoms with Gasteiger partial charge in [-0.25, -0.2) is 0 Å². The molecule has 4 aromatic carbocycles. The smallest absolute Gasteiger partial charge is 0.224 e. The van der Waals surface area contributed by atoms with Gasteiger partial charge in [0.05, 0.1) is 0 Å². The van der Waals surface area contributed by atoms with E-state index < -0.39 is 0 Å². The van der Waals surface area contributed by atoms with E-state index in [0.29, 0.717) is 6.42 Å². The van der Waals surface area contributed by atoms with Crippen LogP contribution in [-0.2, 0) is 4.79 Å². The second-order valence-electron chi connectivity index (χ2n) is 6.17. The second kappa shape index (κ2) is 6.40. The number of nitrogens with one attached hydrogen (secondary N) is 1. The topological polar surface area (TPSA) is 29.1 Å². The molecular weight excluding hydrogens is 306 g/mol. The molecule has 0 saturated heterocycles. The fraction of sp³-hybridized carbons (Fsp3) is 0.0870. The average molecular weight is 325 g/mol. The van der Waals surface area contributed by atoms with Gasteiger partial charge in [0, 0.05) is 12.1 Å². The van der Waals surface area contributed by atoms with Crippen LogP contribution in [0.5, 0.6) is 0 Å². The van der Waals surface area contributed by atoms with E-state index in [1.165, 1.54) is 27.1 Å². The third kappa shape index (κ3) is 2.87. The molecule has 1 N–H and O–H groups in total. The summed E-state index contributed by atoms with van der Waals surface area (Å²) in [4.78, 5) is 11.6. The Morgan fingerprint density at radius 3 is 1.92 bits per heavy atom. The van der Waals surface area contributed by atoms with Crippen molar-refractivity contribution in [1.82, 2.24) is 0 Å². The summed E-state index contributed by atoms with van der Waals surface area (Å²) in [6, 6.07) is 27.3. The SMILES string of the molecule is CCC(=O)Nc1ccc(-c2c3ccccc3cc3ccccc23)cc1. The zero-order valence-corrected chi connectivity index (χ0v) is 14.1. The van der Waals surface area contributed by atoms with E-state index in [4.69, 9.17) is 0 Å². The van der Waals surface area contributed by atoms with Gasteiger partial charge in [-0.3, -0.25) is 4.79 Å². The Hall–Kier alpha value is -3.13. The van der Waals surface area contributed by atoms with Crippen molar-refractivity contribution >= 4 is 33.1 Å². The maximum atomic E-state index is 11.6. The molecule has 0 aliphatic carbocycles. The van der Waals surface area contributed by atoms with Crippen molar-refractivity contribution in [3.05, 3.63) is 78.9 Å². The van der Waals surface area contributed by atoms with Crippen LogP contribution in [0, 0.1) is 0 Å². The quantitative estimate of drug-likeness (QED) is 0.459. The Morgan fingerprint density at radius 1 is 0.800 bits per heavy atom. The molecule has 122 valence electrons. The lowest BCUT2D eigenvalue weighted by Crippen LogP contribution is -2.09. The van der Waals surface area contributed by atoms with Gasteiger partial charge in [-0.2, -0.15) is 0 Å². The number of rotatable bonds is 3. The fourth-order valence-corrected chi connectivity index (χ4v) is 3.29. The molecule has 4 aromatic rings. The van der Waals surface area contributed by atoms with Crippen LogP contribution in [-0.4, -0.2) is 5.91 Å². The number of hydrogen-bond acceptors (Lipinski definition) is 1. The molecule has 2 heteroatoms. The van der Waals surface area contributed by atoms with Crippen LogP contribution in [0.25, 0.3) is 32.7 Å². The minimum atomic E-state index is 0.0309. The molecule has 0 fully saturated rings. The highest BCUT2D eigenvalue weighted by molar-refractivity contribution is 6.12. The summed E-state index contributed by atoms with van der Waals surface area (Å²) in [5, 5.41) is 7.86. The summed E-state index contributed by atoms with van der Waals surface area (Å²) in [6.07, 6.45) is 0.482. The predicted octanol–water partition coefficient (Wildman–Crippen LogP) is 6.01. The standard InChI is InChI=1S/C23H19NO/c1-2-22(25)24-19-13-11-16(12-14-19)23-20-9-5-3-7-17(20)15-18-8-4-6-10-21(18)23/h3-15H,2H2,1H3,(H,24,25). The van der Waals surface area contributed by atoms with Crippen LogP contribution in [0.1, 0.15) is 13.3 Å². The van der Waals surface area contributed by atoms with Crippen molar-refractivity contribution in [3.8, 4) is 11.1 Å². The van der Waals surface area contributed by atoms with E-state index in [2.05, 4.69) is 72.0 Å². The van der Waals surface area contributed by atoms with Crippen molar-refractivity contribution in [2.75, 3.05) is 5.32 Å². The number of amides is 1. The Balaban J connectivity index is 1.91. The molecule has 2 nitrogen and oxygen atoms in total. The summed E-state index contributed by atoms with van der Waals surface area (Å²) < 4.78 is 0. The largest absolute Gasteiger partial charge is 0.326 e. The van der Waals surface area contributed by atoms with E-state index >= 15 is 0 Å². The summed E-state index contributed by atoms with van der Waals surface area (Å²) in [5.74, 6) is 0.0309. The summed E-state index contributed by atoms with van der Waals surface area (Å²) in [5.41, 5.74) is 3.23. The van der Waals surface area contributed by atoms with Crippen LogP contribution < -0.4 is 5.32 Å². The van der Waals surface area contributed by atoms with Gasteiger partial charge in [-0.05, 0) is 50.9 Å². The van der Waals surface area contributed by atoms with Crippen LogP contribution in [0.3, 0.4) is 0 Å². The van der Waals surface area contributed by atoms with Gasteiger partial charge in [0.1, 0.15) is 0 Å². The lowest BCUT2D eigenvalue weighted by Gasteiger charge is -2.13. The highest BCUT2D eigenvalue weighted by Crippen LogP contribution is 2.36. The number of carbonyl (C=O) groups is 1. The van der Waals surface area contributed by atoms with Gasteiger partial charge in [-0.1, -0.05) is 67.6 Å². The molecule has 0 unspecified atom stereocenters. The van der Waals surface area contributed by atoms with Crippen molar-refractivity contribution in [1.29, 1.82) is 0 Å². The highest BCUT2D eigenvalue weighted by Gasteiger charge is 2.09. The lowest BCUT2D eigenvalue weighted by molar-refractivity contribution is -0.115. The molecular formula is C23H19NO. The molecule has 0 radical (unpaired) electrons. The molecule has 4 rings (SSSR count). The zero-order chi connectivity index (χ0) is 17.2. The minimum Gasteiger partial charge on any atom is -0.326 e. The molecule has 0 saturated carbocycles. The van der Waals surface area contributed by atoms with Crippen molar-refractivity contribution in [2.24, 2.45) is 0 Å².